The molecule has 2 aromatic rings. The summed E-state index contributed by atoms with van der Waals surface area (Å²) in [6, 6.07) is 10.1. The monoisotopic (exact) mass is 224 g/mol. The van der Waals surface area contributed by atoms with Crippen LogP contribution in [0.15, 0.2) is 24.3 Å². The Bertz CT molecular complexity index is 613. The minimum absolute atomic E-state index is 0.494. The van der Waals surface area contributed by atoms with Gasteiger partial charge in [-0.1, -0.05) is 24.3 Å². The second kappa shape index (κ2) is 4.04. The van der Waals surface area contributed by atoms with Crippen LogP contribution >= 0.6 is 0 Å². The summed E-state index contributed by atoms with van der Waals surface area (Å²) in [6.45, 7) is 2.54. The van der Waals surface area contributed by atoms with Gasteiger partial charge < -0.3 is 10.6 Å². The summed E-state index contributed by atoms with van der Waals surface area (Å²) < 4.78 is 0. The molecule has 84 valence electrons. The molecule has 4 nitrogen and oxygen atoms in total. The van der Waals surface area contributed by atoms with Crippen molar-refractivity contribution in [1.29, 1.82) is 5.26 Å². The molecule has 2 N–H and O–H groups in total. The van der Waals surface area contributed by atoms with E-state index in [-0.39, 0.29) is 0 Å². The second-order valence-electron chi connectivity index (χ2n) is 4.05. The number of nitrogens with zero attached hydrogens (tertiary/aromatic N) is 2. The van der Waals surface area contributed by atoms with E-state index in [1.165, 1.54) is 0 Å². The SMILES string of the molecule is N#Cc1nc2c(c3ccccc13)CNCCN2. The molecule has 0 atom stereocenters. The van der Waals surface area contributed by atoms with Gasteiger partial charge in [-0.2, -0.15) is 5.26 Å². The van der Waals surface area contributed by atoms with Gasteiger partial charge in [-0.3, -0.25) is 0 Å². The smallest absolute Gasteiger partial charge is 0.150 e. The molecule has 0 saturated carbocycles. The molecule has 1 aliphatic rings. The number of rotatable bonds is 0. The summed E-state index contributed by atoms with van der Waals surface area (Å²) in [6.07, 6.45) is 0. The van der Waals surface area contributed by atoms with E-state index in [4.69, 9.17) is 5.26 Å². The van der Waals surface area contributed by atoms with E-state index in [2.05, 4.69) is 21.7 Å². The van der Waals surface area contributed by atoms with Gasteiger partial charge in [0, 0.05) is 30.6 Å². The summed E-state index contributed by atoms with van der Waals surface area (Å²) in [4.78, 5) is 4.41. The Morgan fingerprint density at radius 3 is 2.82 bits per heavy atom. The second-order valence-corrected chi connectivity index (χ2v) is 4.05. The van der Waals surface area contributed by atoms with Crippen molar-refractivity contribution in [1.82, 2.24) is 10.3 Å². The summed E-state index contributed by atoms with van der Waals surface area (Å²) in [5.74, 6) is 0.838. The number of hydrogen-bond donors (Lipinski definition) is 2. The van der Waals surface area contributed by atoms with Crippen LogP contribution in [0.1, 0.15) is 11.3 Å². The van der Waals surface area contributed by atoms with E-state index in [1.807, 2.05) is 24.3 Å². The third-order valence-electron chi connectivity index (χ3n) is 3.02. The third-order valence-corrected chi connectivity index (χ3v) is 3.02. The number of pyridine rings is 1. The van der Waals surface area contributed by atoms with Gasteiger partial charge in [0.25, 0.3) is 0 Å². The molecule has 4 heteroatoms. The number of aromatic nitrogens is 1. The highest BCUT2D eigenvalue weighted by molar-refractivity contribution is 5.92. The van der Waals surface area contributed by atoms with Crippen molar-refractivity contribution in [3.63, 3.8) is 0 Å². The maximum absolute atomic E-state index is 9.15. The van der Waals surface area contributed by atoms with E-state index in [0.29, 0.717) is 5.69 Å². The molecule has 3 rings (SSSR count). The quantitative estimate of drug-likeness (QED) is 0.714. The Balaban J connectivity index is 2.36. The highest BCUT2D eigenvalue weighted by Gasteiger charge is 2.14. The largest absolute Gasteiger partial charge is 0.368 e. The Labute approximate surface area is 99.3 Å². The first kappa shape index (κ1) is 10.1. The fraction of sp³-hybridized carbons (Fsp3) is 0.231. The highest BCUT2D eigenvalue weighted by atomic mass is 15.0. The zero-order chi connectivity index (χ0) is 11.7. The normalized spacial score (nSPS) is 14.5. The summed E-state index contributed by atoms with van der Waals surface area (Å²) in [7, 11) is 0. The van der Waals surface area contributed by atoms with Gasteiger partial charge in [0.2, 0.25) is 0 Å². The maximum Gasteiger partial charge on any atom is 0.150 e. The first-order valence-corrected chi connectivity index (χ1v) is 5.66. The number of anilines is 1. The van der Waals surface area contributed by atoms with Gasteiger partial charge >= 0.3 is 0 Å². The summed E-state index contributed by atoms with van der Waals surface area (Å²) >= 11 is 0. The van der Waals surface area contributed by atoms with Gasteiger partial charge in [-0.25, -0.2) is 4.98 Å². The molecule has 1 aromatic carbocycles. The number of nitriles is 1. The highest BCUT2D eigenvalue weighted by Crippen LogP contribution is 2.27. The lowest BCUT2D eigenvalue weighted by molar-refractivity contribution is 0.728. The fourth-order valence-corrected chi connectivity index (χ4v) is 2.21. The predicted octanol–water partition coefficient (Wildman–Crippen LogP) is 1.62. The van der Waals surface area contributed by atoms with Crippen molar-refractivity contribution in [3.8, 4) is 6.07 Å². The first-order chi connectivity index (χ1) is 8.40. The predicted molar refractivity (Wildman–Crippen MR) is 66.7 cm³/mol. The minimum Gasteiger partial charge on any atom is -0.368 e. The van der Waals surface area contributed by atoms with Crippen LogP contribution in [-0.2, 0) is 6.54 Å². The minimum atomic E-state index is 0.494. The Hall–Kier alpha value is -2.12. The van der Waals surface area contributed by atoms with Gasteiger partial charge in [0.15, 0.2) is 5.69 Å². The molecule has 0 radical (unpaired) electrons. The molecule has 0 saturated heterocycles. The molecule has 1 aromatic heterocycles. The van der Waals surface area contributed by atoms with Gasteiger partial charge in [0.1, 0.15) is 11.9 Å². The van der Waals surface area contributed by atoms with Crippen LogP contribution < -0.4 is 10.6 Å². The summed E-state index contributed by atoms with van der Waals surface area (Å²) in [5.41, 5.74) is 1.64. The lowest BCUT2D eigenvalue weighted by Gasteiger charge is -2.10. The van der Waals surface area contributed by atoms with E-state index < -0.39 is 0 Å². The molecule has 1 aliphatic heterocycles. The lowest BCUT2D eigenvalue weighted by Crippen LogP contribution is -2.17. The zero-order valence-electron chi connectivity index (χ0n) is 9.33. The van der Waals surface area contributed by atoms with Crippen molar-refractivity contribution < 1.29 is 0 Å². The van der Waals surface area contributed by atoms with E-state index in [9.17, 15) is 0 Å². The molecule has 2 heterocycles. The van der Waals surface area contributed by atoms with Crippen LogP contribution in [0.3, 0.4) is 0 Å². The van der Waals surface area contributed by atoms with E-state index in [0.717, 1.165) is 41.8 Å². The Kier molecular flexibility index (Phi) is 2.39. The molecule has 0 fully saturated rings. The van der Waals surface area contributed by atoms with Crippen LogP contribution in [0, 0.1) is 11.3 Å². The molecule has 0 aliphatic carbocycles. The average molecular weight is 224 g/mol. The van der Waals surface area contributed by atoms with Crippen molar-refractivity contribution in [2.45, 2.75) is 6.54 Å². The van der Waals surface area contributed by atoms with Gasteiger partial charge in [0.05, 0.1) is 0 Å². The molecule has 17 heavy (non-hydrogen) atoms. The van der Waals surface area contributed by atoms with Crippen LogP contribution in [0.5, 0.6) is 0 Å². The van der Waals surface area contributed by atoms with Crippen molar-refractivity contribution in [3.05, 3.63) is 35.5 Å². The first-order valence-electron chi connectivity index (χ1n) is 5.66. The van der Waals surface area contributed by atoms with Crippen molar-refractivity contribution in [2.24, 2.45) is 0 Å². The molecule has 0 unspecified atom stereocenters. The van der Waals surface area contributed by atoms with Gasteiger partial charge in [-0.05, 0) is 5.39 Å². The van der Waals surface area contributed by atoms with Gasteiger partial charge in [-0.15, -0.1) is 0 Å². The van der Waals surface area contributed by atoms with Crippen molar-refractivity contribution >= 4 is 16.6 Å². The molecule has 0 spiro atoms. The molecule has 0 amide bonds. The van der Waals surface area contributed by atoms with Crippen LogP contribution in [0.25, 0.3) is 10.8 Å². The number of benzene rings is 1. The van der Waals surface area contributed by atoms with Crippen LogP contribution in [0.2, 0.25) is 0 Å². The Morgan fingerprint density at radius 2 is 2.00 bits per heavy atom. The number of fused-ring (bicyclic) bond motifs is 3. The van der Waals surface area contributed by atoms with Crippen molar-refractivity contribution in [2.75, 3.05) is 18.4 Å². The fourth-order valence-electron chi connectivity index (χ4n) is 2.21. The maximum atomic E-state index is 9.15. The third kappa shape index (κ3) is 1.61. The molecular weight excluding hydrogens is 212 g/mol. The van der Waals surface area contributed by atoms with Crippen LogP contribution in [-0.4, -0.2) is 18.1 Å². The zero-order valence-corrected chi connectivity index (χ0v) is 9.33. The summed E-state index contributed by atoms with van der Waals surface area (Å²) in [5, 5.41) is 17.8. The van der Waals surface area contributed by atoms with E-state index >= 15 is 0 Å². The average Bonchev–Trinajstić information content (AvgIpc) is 2.63. The topological polar surface area (TPSA) is 60.7 Å². The number of nitrogens with one attached hydrogen (secondary N) is 2. The molecule has 0 bridgehead atoms. The van der Waals surface area contributed by atoms with Crippen LogP contribution in [0.4, 0.5) is 5.82 Å². The number of hydrogen-bond acceptors (Lipinski definition) is 4. The lowest BCUT2D eigenvalue weighted by atomic mass is 10.0. The molecular formula is C13H12N4. The Morgan fingerprint density at radius 1 is 1.18 bits per heavy atom. The standard InChI is InChI=1S/C13H12N4/c14-7-12-10-4-2-1-3-9(10)11-8-15-5-6-16-13(11)17-12/h1-4,15H,5-6,8H2,(H,16,17). The van der Waals surface area contributed by atoms with E-state index in [1.54, 1.807) is 0 Å².